The topological polar surface area (TPSA) is 86.0 Å². The number of rotatable bonds is 5. The van der Waals surface area contributed by atoms with Crippen molar-refractivity contribution in [1.82, 2.24) is 19.4 Å². The third kappa shape index (κ3) is 3.42. The number of aryl methyl sites for hydroxylation is 1. The zero-order valence-corrected chi connectivity index (χ0v) is 14.7. The number of aromatic nitrogens is 3. The monoisotopic (exact) mass is 352 g/mol. The maximum atomic E-state index is 12.3. The smallest absolute Gasteiger partial charge is 0.317 e. The van der Waals surface area contributed by atoms with Crippen LogP contribution in [0.5, 0.6) is 0 Å². The molecule has 1 atom stereocenters. The fourth-order valence-corrected chi connectivity index (χ4v) is 2.84. The number of benzene rings is 1. The third-order valence-corrected chi connectivity index (χ3v) is 4.38. The van der Waals surface area contributed by atoms with Crippen LogP contribution in [0.3, 0.4) is 0 Å². The zero-order valence-electron chi connectivity index (χ0n) is 14.7. The number of hydrogen-bond donors (Lipinski definition) is 1. The highest BCUT2D eigenvalue weighted by Crippen LogP contribution is 2.13. The number of carbonyl (C=O) groups is 1. The summed E-state index contributed by atoms with van der Waals surface area (Å²) in [4.78, 5) is 40.9. The quantitative estimate of drug-likeness (QED) is 0.695. The second kappa shape index (κ2) is 7.35. The summed E-state index contributed by atoms with van der Waals surface area (Å²) in [6.07, 6.45) is 1.54. The van der Waals surface area contributed by atoms with E-state index in [0.717, 1.165) is 5.56 Å². The highest BCUT2D eigenvalue weighted by Gasteiger charge is 2.15. The first-order valence-corrected chi connectivity index (χ1v) is 8.35. The summed E-state index contributed by atoms with van der Waals surface area (Å²) in [5.41, 5.74) is 0.488. The van der Waals surface area contributed by atoms with Crippen LogP contribution in [0.15, 0.2) is 58.3 Å². The zero-order chi connectivity index (χ0) is 18.7. The Balaban J connectivity index is 1.80. The second-order valence-corrected chi connectivity index (χ2v) is 6.22. The molecule has 0 aliphatic carbocycles. The van der Waals surface area contributed by atoms with E-state index >= 15 is 0 Å². The van der Waals surface area contributed by atoms with E-state index in [0.29, 0.717) is 17.7 Å². The first kappa shape index (κ1) is 17.6. The molecule has 26 heavy (non-hydrogen) atoms. The van der Waals surface area contributed by atoms with Gasteiger partial charge in [0.15, 0.2) is 5.65 Å². The number of hydrogen-bond acceptors (Lipinski definition) is 4. The van der Waals surface area contributed by atoms with Crippen molar-refractivity contribution in [2.24, 2.45) is 7.05 Å². The van der Waals surface area contributed by atoms with Gasteiger partial charge in [0.1, 0.15) is 6.54 Å². The average Bonchev–Trinajstić information content (AvgIpc) is 2.68. The van der Waals surface area contributed by atoms with Crippen LogP contribution in [0, 0.1) is 0 Å². The van der Waals surface area contributed by atoms with E-state index in [1.165, 1.54) is 22.4 Å². The Morgan fingerprint density at radius 3 is 2.58 bits per heavy atom. The number of fused-ring (bicyclic) bond motifs is 1. The minimum Gasteiger partial charge on any atom is -0.354 e. The van der Waals surface area contributed by atoms with Gasteiger partial charge < -0.3 is 5.32 Å². The molecule has 0 aliphatic heterocycles. The van der Waals surface area contributed by atoms with Crippen LogP contribution < -0.4 is 16.4 Å². The molecule has 1 N–H and O–H groups in total. The predicted octanol–water partition coefficient (Wildman–Crippen LogP) is 1.02. The van der Waals surface area contributed by atoms with Gasteiger partial charge in [-0.3, -0.25) is 23.5 Å². The van der Waals surface area contributed by atoms with Crippen LogP contribution in [0.2, 0.25) is 0 Å². The normalized spacial score (nSPS) is 12.1. The molecule has 0 bridgehead atoms. The lowest BCUT2D eigenvalue weighted by Gasteiger charge is -2.15. The first-order valence-electron chi connectivity index (χ1n) is 8.35. The molecule has 0 fully saturated rings. The van der Waals surface area contributed by atoms with Crippen LogP contribution in [0.4, 0.5) is 0 Å². The van der Waals surface area contributed by atoms with Crippen molar-refractivity contribution in [1.29, 1.82) is 0 Å². The molecule has 7 heteroatoms. The van der Waals surface area contributed by atoms with Crippen LogP contribution in [-0.4, -0.2) is 26.6 Å². The van der Waals surface area contributed by atoms with E-state index in [4.69, 9.17) is 0 Å². The number of pyridine rings is 1. The number of carbonyl (C=O) groups excluding carboxylic acids is 1. The van der Waals surface area contributed by atoms with Gasteiger partial charge in [-0.2, -0.15) is 0 Å². The number of nitrogens with zero attached hydrogens (tertiary/aromatic N) is 3. The molecule has 0 aliphatic rings. The molecule has 1 aromatic carbocycles. The highest BCUT2D eigenvalue weighted by atomic mass is 16.2. The lowest BCUT2D eigenvalue weighted by Crippen LogP contribution is -2.43. The summed E-state index contributed by atoms with van der Waals surface area (Å²) in [5, 5.41) is 2.83. The largest absolute Gasteiger partial charge is 0.354 e. The Hall–Kier alpha value is -3.22. The average molecular weight is 352 g/mol. The molecule has 0 radical (unpaired) electrons. The highest BCUT2D eigenvalue weighted by molar-refractivity contribution is 5.78. The molecule has 0 unspecified atom stereocenters. The lowest BCUT2D eigenvalue weighted by atomic mass is 10.0. The van der Waals surface area contributed by atoms with E-state index < -0.39 is 11.1 Å². The number of nitrogens with one attached hydrogen (secondary N) is 1. The fourth-order valence-electron chi connectivity index (χ4n) is 2.84. The SMILES string of the molecule is C[C@H](CNC(=O)Cn1c(=O)c(=O)n(C)c2ncccc21)c1ccccc1. The van der Waals surface area contributed by atoms with Crippen molar-refractivity contribution in [2.45, 2.75) is 19.4 Å². The van der Waals surface area contributed by atoms with Crippen molar-refractivity contribution in [2.75, 3.05) is 6.54 Å². The van der Waals surface area contributed by atoms with Gasteiger partial charge in [0.05, 0.1) is 5.52 Å². The molecule has 0 spiro atoms. The Bertz CT molecular complexity index is 1050. The van der Waals surface area contributed by atoms with Gasteiger partial charge in [-0.25, -0.2) is 4.98 Å². The van der Waals surface area contributed by atoms with Gasteiger partial charge in [-0.1, -0.05) is 37.3 Å². The Morgan fingerprint density at radius 1 is 1.12 bits per heavy atom. The molecule has 1 amide bonds. The lowest BCUT2D eigenvalue weighted by molar-refractivity contribution is -0.121. The van der Waals surface area contributed by atoms with Gasteiger partial charge in [-0.05, 0) is 23.6 Å². The third-order valence-electron chi connectivity index (χ3n) is 4.38. The summed E-state index contributed by atoms with van der Waals surface area (Å²) in [5.74, 6) is -0.188. The van der Waals surface area contributed by atoms with Crippen molar-refractivity contribution in [3.8, 4) is 0 Å². The molecule has 0 saturated heterocycles. The van der Waals surface area contributed by atoms with Gasteiger partial charge in [0.2, 0.25) is 5.91 Å². The van der Waals surface area contributed by atoms with Gasteiger partial charge in [0.25, 0.3) is 0 Å². The molecule has 134 valence electrons. The first-order chi connectivity index (χ1) is 12.5. The van der Waals surface area contributed by atoms with E-state index in [-0.39, 0.29) is 18.4 Å². The summed E-state index contributed by atoms with van der Waals surface area (Å²) in [6.45, 7) is 2.23. The summed E-state index contributed by atoms with van der Waals surface area (Å²) < 4.78 is 2.37. The molecule has 3 aromatic rings. The summed E-state index contributed by atoms with van der Waals surface area (Å²) >= 11 is 0. The van der Waals surface area contributed by atoms with E-state index in [1.807, 2.05) is 37.3 Å². The summed E-state index contributed by atoms with van der Waals surface area (Å²) in [6, 6.07) is 13.2. The molecule has 0 saturated carbocycles. The van der Waals surface area contributed by atoms with E-state index in [2.05, 4.69) is 10.3 Å². The van der Waals surface area contributed by atoms with Crippen molar-refractivity contribution >= 4 is 17.1 Å². The van der Waals surface area contributed by atoms with Crippen molar-refractivity contribution in [3.05, 3.63) is 74.9 Å². The fraction of sp³-hybridized carbons (Fsp3) is 0.263. The van der Waals surface area contributed by atoms with Gasteiger partial charge >= 0.3 is 11.1 Å². The standard InChI is InChI=1S/C19H20N4O3/c1-13(14-7-4-3-5-8-14)11-21-16(24)12-23-15-9-6-10-20-17(15)22(2)18(25)19(23)26/h3-10,13H,11-12H2,1-2H3,(H,21,24)/t13-/m1/s1. The molecule has 2 heterocycles. The minimum absolute atomic E-state index is 0.138. The Labute approximate surface area is 149 Å². The molecule has 3 rings (SSSR count). The molecular weight excluding hydrogens is 332 g/mol. The predicted molar refractivity (Wildman–Crippen MR) is 99.1 cm³/mol. The molecular formula is C19H20N4O3. The van der Waals surface area contributed by atoms with Crippen LogP contribution >= 0.6 is 0 Å². The Morgan fingerprint density at radius 2 is 1.85 bits per heavy atom. The van der Waals surface area contributed by atoms with Crippen molar-refractivity contribution in [3.63, 3.8) is 0 Å². The molecule has 7 nitrogen and oxygen atoms in total. The molecule has 2 aromatic heterocycles. The number of amides is 1. The van der Waals surface area contributed by atoms with Crippen LogP contribution in [-0.2, 0) is 18.4 Å². The summed E-state index contributed by atoms with van der Waals surface area (Å²) in [7, 11) is 1.49. The van der Waals surface area contributed by atoms with Crippen LogP contribution in [0.25, 0.3) is 11.2 Å². The minimum atomic E-state index is -0.737. The van der Waals surface area contributed by atoms with Gasteiger partial charge in [-0.15, -0.1) is 0 Å². The Kier molecular flexibility index (Phi) is 4.97. The maximum Gasteiger partial charge on any atom is 0.317 e. The van der Waals surface area contributed by atoms with E-state index in [9.17, 15) is 14.4 Å². The maximum absolute atomic E-state index is 12.3. The van der Waals surface area contributed by atoms with Crippen molar-refractivity contribution < 1.29 is 4.79 Å². The van der Waals surface area contributed by atoms with E-state index in [1.54, 1.807) is 12.1 Å². The van der Waals surface area contributed by atoms with Gasteiger partial charge in [0, 0.05) is 19.8 Å². The van der Waals surface area contributed by atoms with Crippen LogP contribution in [0.1, 0.15) is 18.4 Å². The second-order valence-electron chi connectivity index (χ2n) is 6.22.